The Morgan fingerprint density at radius 2 is 2.00 bits per heavy atom. The summed E-state index contributed by atoms with van der Waals surface area (Å²) in [5, 5.41) is 0. The monoisotopic (exact) mass is 200 g/mol. The van der Waals surface area contributed by atoms with E-state index in [0.717, 1.165) is 12.8 Å². The molecule has 0 aliphatic carbocycles. The van der Waals surface area contributed by atoms with Crippen molar-refractivity contribution in [3.05, 3.63) is 0 Å². The standard InChI is InChI=1S/C11H24N2O/c1-6-9(2)13(5)10(14)7-8-11(3,4)12/h9H,6-8,12H2,1-5H3. The van der Waals surface area contributed by atoms with Crippen LogP contribution in [-0.4, -0.2) is 29.4 Å². The molecule has 0 aliphatic rings. The molecular weight excluding hydrogens is 176 g/mol. The van der Waals surface area contributed by atoms with Crippen molar-refractivity contribution in [1.82, 2.24) is 4.90 Å². The van der Waals surface area contributed by atoms with E-state index in [1.807, 2.05) is 25.8 Å². The van der Waals surface area contributed by atoms with E-state index in [1.54, 1.807) is 0 Å². The van der Waals surface area contributed by atoms with Crippen LogP contribution in [0.1, 0.15) is 47.0 Å². The van der Waals surface area contributed by atoms with Crippen LogP contribution in [0.2, 0.25) is 0 Å². The van der Waals surface area contributed by atoms with Crippen molar-refractivity contribution in [3.63, 3.8) is 0 Å². The van der Waals surface area contributed by atoms with Crippen molar-refractivity contribution in [1.29, 1.82) is 0 Å². The molecule has 0 rings (SSSR count). The quantitative estimate of drug-likeness (QED) is 0.735. The van der Waals surface area contributed by atoms with Gasteiger partial charge in [-0.05, 0) is 33.6 Å². The molecule has 3 heteroatoms. The Labute approximate surface area is 87.6 Å². The van der Waals surface area contributed by atoms with Crippen LogP contribution in [-0.2, 0) is 4.79 Å². The molecule has 2 N–H and O–H groups in total. The molecule has 0 saturated carbocycles. The number of hydrogen-bond acceptors (Lipinski definition) is 2. The van der Waals surface area contributed by atoms with Crippen molar-refractivity contribution in [2.75, 3.05) is 7.05 Å². The van der Waals surface area contributed by atoms with E-state index < -0.39 is 0 Å². The molecular formula is C11H24N2O. The highest BCUT2D eigenvalue weighted by atomic mass is 16.2. The van der Waals surface area contributed by atoms with Gasteiger partial charge in [-0.25, -0.2) is 0 Å². The van der Waals surface area contributed by atoms with Crippen molar-refractivity contribution in [2.24, 2.45) is 5.73 Å². The molecule has 1 unspecified atom stereocenters. The normalized spacial score (nSPS) is 13.9. The summed E-state index contributed by atoms with van der Waals surface area (Å²) in [6.45, 7) is 8.04. The van der Waals surface area contributed by atoms with Gasteiger partial charge in [-0.1, -0.05) is 6.92 Å². The smallest absolute Gasteiger partial charge is 0.222 e. The summed E-state index contributed by atoms with van der Waals surface area (Å²) >= 11 is 0. The van der Waals surface area contributed by atoms with Gasteiger partial charge in [0, 0.05) is 25.0 Å². The Morgan fingerprint density at radius 1 is 1.50 bits per heavy atom. The molecule has 0 saturated heterocycles. The average molecular weight is 200 g/mol. The lowest BCUT2D eigenvalue weighted by molar-refractivity contribution is -0.132. The molecule has 1 amide bonds. The Morgan fingerprint density at radius 3 is 2.36 bits per heavy atom. The van der Waals surface area contributed by atoms with E-state index in [0.29, 0.717) is 12.5 Å². The molecule has 0 bridgehead atoms. The van der Waals surface area contributed by atoms with Gasteiger partial charge < -0.3 is 10.6 Å². The molecule has 84 valence electrons. The summed E-state index contributed by atoms with van der Waals surface area (Å²) in [4.78, 5) is 13.5. The third-order valence-electron chi connectivity index (χ3n) is 2.63. The molecule has 0 aromatic carbocycles. The first kappa shape index (κ1) is 13.4. The number of nitrogens with zero attached hydrogens (tertiary/aromatic N) is 1. The zero-order valence-electron chi connectivity index (χ0n) is 10.1. The Balaban J connectivity index is 3.97. The van der Waals surface area contributed by atoms with Crippen LogP contribution in [0.3, 0.4) is 0 Å². The summed E-state index contributed by atoms with van der Waals surface area (Å²) < 4.78 is 0. The maximum atomic E-state index is 11.7. The zero-order chi connectivity index (χ0) is 11.4. The fourth-order valence-electron chi connectivity index (χ4n) is 1.13. The molecule has 3 nitrogen and oxygen atoms in total. The Hall–Kier alpha value is -0.570. The van der Waals surface area contributed by atoms with Gasteiger partial charge in [0.1, 0.15) is 0 Å². The SMILES string of the molecule is CCC(C)N(C)C(=O)CCC(C)(C)N. The summed E-state index contributed by atoms with van der Waals surface area (Å²) in [6, 6.07) is 0.323. The molecule has 0 aromatic heterocycles. The minimum Gasteiger partial charge on any atom is -0.343 e. The third kappa shape index (κ3) is 5.22. The summed E-state index contributed by atoms with van der Waals surface area (Å²) in [6.07, 6.45) is 2.28. The first-order valence-corrected chi connectivity index (χ1v) is 5.32. The minimum atomic E-state index is -0.244. The predicted molar refractivity (Wildman–Crippen MR) is 60.0 cm³/mol. The maximum Gasteiger partial charge on any atom is 0.222 e. The number of rotatable bonds is 5. The third-order valence-corrected chi connectivity index (χ3v) is 2.63. The lowest BCUT2D eigenvalue weighted by Crippen LogP contribution is -2.38. The Kier molecular flexibility index (Phi) is 5.13. The van der Waals surface area contributed by atoms with Crippen LogP contribution in [0.15, 0.2) is 0 Å². The first-order chi connectivity index (χ1) is 6.28. The van der Waals surface area contributed by atoms with Crippen LogP contribution in [0.25, 0.3) is 0 Å². The van der Waals surface area contributed by atoms with Gasteiger partial charge in [-0.3, -0.25) is 4.79 Å². The Bertz CT molecular complexity index is 184. The van der Waals surface area contributed by atoms with Gasteiger partial charge in [0.05, 0.1) is 0 Å². The molecule has 0 radical (unpaired) electrons. The van der Waals surface area contributed by atoms with Gasteiger partial charge >= 0.3 is 0 Å². The second-order valence-corrected chi connectivity index (χ2v) is 4.75. The van der Waals surface area contributed by atoms with Gasteiger partial charge in [0.25, 0.3) is 0 Å². The number of amides is 1. The molecule has 0 aliphatic heterocycles. The number of nitrogens with two attached hydrogens (primary N) is 1. The lowest BCUT2D eigenvalue weighted by Gasteiger charge is -2.25. The summed E-state index contributed by atoms with van der Waals surface area (Å²) in [5.41, 5.74) is 5.58. The first-order valence-electron chi connectivity index (χ1n) is 5.32. The van der Waals surface area contributed by atoms with Crippen LogP contribution in [0.4, 0.5) is 0 Å². The maximum absolute atomic E-state index is 11.7. The second kappa shape index (κ2) is 5.35. The molecule has 0 aromatic rings. The highest BCUT2D eigenvalue weighted by Gasteiger charge is 2.17. The van der Waals surface area contributed by atoms with Gasteiger partial charge in [-0.15, -0.1) is 0 Å². The van der Waals surface area contributed by atoms with Crippen molar-refractivity contribution in [2.45, 2.75) is 58.5 Å². The topological polar surface area (TPSA) is 46.3 Å². The van der Waals surface area contributed by atoms with E-state index >= 15 is 0 Å². The fourth-order valence-corrected chi connectivity index (χ4v) is 1.13. The van der Waals surface area contributed by atoms with Crippen molar-refractivity contribution < 1.29 is 4.79 Å². The van der Waals surface area contributed by atoms with Crippen LogP contribution in [0.5, 0.6) is 0 Å². The number of hydrogen-bond donors (Lipinski definition) is 1. The van der Waals surface area contributed by atoms with Crippen LogP contribution < -0.4 is 5.73 Å². The minimum absolute atomic E-state index is 0.192. The van der Waals surface area contributed by atoms with Crippen LogP contribution in [0, 0.1) is 0 Å². The molecule has 14 heavy (non-hydrogen) atoms. The second-order valence-electron chi connectivity index (χ2n) is 4.75. The molecule has 0 fully saturated rings. The average Bonchev–Trinajstić information content (AvgIpc) is 2.10. The van der Waals surface area contributed by atoms with E-state index in [2.05, 4.69) is 13.8 Å². The molecule has 0 heterocycles. The van der Waals surface area contributed by atoms with Gasteiger partial charge in [0.15, 0.2) is 0 Å². The highest BCUT2D eigenvalue weighted by Crippen LogP contribution is 2.10. The van der Waals surface area contributed by atoms with Crippen molar-refractivity contribution in [3.8, 4) is 0 Å². The van der Waals surface area contributed by atoms with E-state index in [9.17, 15) is 4.79 Å². The van der Waals surface area contributed by atoms with E-state index in [-0.39, 0.29) is 11.4 Å². The lowest BCUT2D eigenvalue weighted by atomic mass is 9.99. The van der Waals surface area contributed by atoms with Crippen LogP contribution >= 0.6 is 0 Å². The van der Waals surface area contributed by atoms with E-state index in [4.69, 9.17) is 5.73 Å². The van der Waals surface area contributed by atoms with Gasteiger partial charge in [-0.2, -0.15) is 0 Å². The molecule has 1 atom stereocenters. The fraction of sp³-hybridized carbons (Fsp3) is 0.909. The van der Waals surface area contributed by atoms with Gasteiger partial charge in [0.2, 0.25) is 5.91 Å². The highest BCUT2D eigenvalue weighted by molar-refractivity contribution is 5.76. The number of carbonyl (C=O) groups excluding carboxylic acids is 1. The van der Waals surface area contributed by atoms with E-state index in [1.165, 1.54) is 0 Å². The summed E-state index contributed by atoms with van der Waals surface area (Å²) in [5.74, 6) is 0.192. The van der Waals surface area contributed by atoms with Crippen molar-refractivity contribution >= 4 is 5.91 Å². The number of carbonyl (C=O) groups is 1. The largest absolute Gasteiger partial charge is 0.343 e. The summed E-state index contributed by atoms with van der Waals surface area (Å²) in [7, 11) is 1.86. The molecule has 0 spiro atoms. The zero-order valence-corrected chi connectivity index (χ0v) is 10.1. The predicted octanol–water partition coefficient (Wildman–Crippen LogP) is 1.76.